The van der Waals surface area contributed by atoms with Crippen molar-refractivity contribution in [2.24, 2.45) is 5.92 Å². The molecule has 7 heteroatoms. The van der Waals surface area contributed by atoms with Crippen molar-refractivity contribution >= 4 is 15.9 Å². The van der Waals surface area contributed by atoms with Crippen molar-refractivity contribution in [3.05, 3.63) is 66.0 Å². The second-order valence-electron chi connectivity index (χ2n) is 6.93. The maximum Gasteiger partial charge on any atom is 0.244 e. The van der Waals surface area contributed by atoms with Gasteiger partial charge >= 0.3 is 0 Å². The number of benzene rings is 2. The second-order valence-corrected chi connectivity index (χ2v) is 8.61. The molecule has 0 aliphatic heterocycles. The molecule has 2 N–H and O–H groups in total. The maximum atomic E-state index is 14.0. The van der Waals surface area contributed by atoms with Gasteiger partial charge in [-0.1, -0.05) is 42.5 Å². The first-order chi connectivity index (χ1) is 12.9. The minimum absolute atomic E-state index is 0.0197. The minimum Gasteiger partial charge on any atom is -0.352 e. The lowest BCUT2D eigenvalue weighted by Crippen LogP contribution is -2.50. The number of sulfonamides is 1. The Balaban J connectivity index is 1.82. The molecule has 0 bridgehead atoms. The largest absolute Gasteiger partial charge is 0.352 e. The van der Waals surface area contributed by atoms with Gasteiger partial charge in [0.2, 0.25) is 15.9 Å². The Morgan fingerprint density at radius 2 is 1.74 bits per heavy atom. The van der Waals surface area contributed by atoms with Gasteiger partial charge in [0.15, 0.2) is 0 Å². The van der Waals surface area contributed by atoms with Crippen LogP contribution in [-0.2, 0) is 21.2 Å². The van der Waals surface area contributed by atoms with Gasteiger partial charge in [0, 0.05) is 6.04 Å². The normalized spacial score (nSPS) is 16.5. The third kappa shape index (κ3) is 5.14. The standard InChI is InChI=1S/C20H23FN2O3S/c1-14(16-11-12-16)22-20(24)18(13-15-7-3-2-4-8-15)23-27(25,26)19-10-6-5-9-17(19)21/h2-10,14,16,18,23H,11-13H2,1H3,(H,22,24). The number of hydrogen-bond donors (Lipinski definition) is 2. The van der Waals surface area contributed by atoms with Crippen molar-refractivity contribution < 1.29 is 17.6 Å². The summed E-state index contributed by atoms with van der Waals surface area (Å²) in [5.41, 5.74) is 0.813. The van der Waals surface area contributed by atoms with Crippen LogP contribution in [0.3, 0.4) is 0 Å². The summed E-state index contributed by atoms with van der Waals surface area (Å²) >= 11 is 0. The molecular weight excluding hydrogens is 367 g/mol. The first kappa shape index (κ1) is 19.5. The number of halogens is 1. The lowest BCUT2D eigenvalue weighted by atomic mass is 10.1. The molecule has 2 atom stereocenters. The van der Waals surface area contributed by atoms with E-state index in [2.05, 4.69) is 10.0 Å². The minimum atomic E-state index is -4.18. The van der Waals surface area contributed by atoms with Crippen LogP contribution >= 0.6 is 0 Å². The number of hydrogen-bond acceptors (Lipinski definition) is 3. The van der Waals surface area contributed by atoms with Crippen molar-refractivity contribution in [3.8, 4) is 0 Å². The van der Waals surface area contributed by atoms with E-state index in [1.807, 2.05) is 37.3 Å². The van der Waals surface area contributed by atoms with Gasteiger partial charge in [-0.25, -0.2) is 12.8 Å². The van der Waals surface area contributed by atoms with Crippen molar-refractivity contribution in [3.63, 3.8) is 0 Å². The Hall–Kier alpha value is -2.25. The van der Waals surface area contributed by atoms with Crippen LogP contribution in [-0.4, -0.2) is 26.4 Å². The maximum absolute atomic E-state index is 14.0. The third-order valence-corrected chi connectivity index (χ3v) is 6.23. The summed E-state index contributed by atoms with van der Waals surface area (Å²) in [6, 6.07) is 13.2. The molecule has 1 amide bonds. The van der Waals surface area contributed by atoms with Gasteiger partial charge < -0.3 is 5.32 Å². The van der Waals surface area contributed by atoms with Crippen LogP contribution in [0.25, 0.3) is 0 Å². The Bertz CT molecular complexity index is 898. The molecule has 5 nitrogen and oxygen atoms in total. The average Bonchev–Trinajstić information content (AvgIpc) is 3.47. The molecule has 0 saturated heterocycles. The zero-order chi connectivity index (χ0) is 19.4. The predicted octanol–water partition coefficient (Wildman–Crippen LogP) is 2.63. The molecule has 1 fully saturated rings. The lowest BCUT2D eigenvalue weighted by molar-refractivity contribution is -0.123. The first-order valence-corrected chi connectivity index (χ1v) is 10.5. The van der Waals surface area contributed by atoms with E-state index in [4.69, 9.17) is 0 Å². The molecule has 0 spiro atoms. The highest BCUT2D eigenvalue weighted by atomic mass is 32.2. The summed E-state index contributed by atoms with van der Waals surface area (Å²) in [5.74, 6) is -0.817. The molecule has 27 heavy (non-hydrogen) atoms. The Labute approximate surface area is 159 Å². The average molecular weight is 390 g/mol. The topological polar surface area (TPSA) is 75.3 Å². The van der Waals surface area contributed by atoms with Crippen LogP contribution in [0.5, 0.6) is 0 Å². The lowest BCUT2D eigenvalue weighted by Gasteiger charge is -2.21. The van der Waals surface area contributed by atoms with E-state index in [0.717, 1.165) is 24.5 Å². The molecule has 1 aliphatic carbocycles. The Kier molecular flexibility index (Phi) is 5.92. The van der Waals surface area contributed by atoms with E-state index in [-0.39, 0.29) is 12.5 Å². The van der Waals surface area contributed by atoms with Gasteiger partial charge in [0.1, 0.15) is 16.8 Å². The predicted molar refractivity (Wildman–Crippen MR) is 101 cm³/mol. The second kappa shape index (κ2) is 8.19. The van der Waals surface area contributed by atoms with Crippen LogP contribution in [0, 0.1) is 11.7 Å². The van der Waals surface area contributed by atoms with E-state index in [0.29, 0.717) is 5.92 Å². The summed E-state index contributed by atoms with van der Waals surface area (Å²) in [4.78, 5) is 12.3. The zero-order valence-electron chi connectivity index (χ0n) is 15.1. The van der Waals surface area contributed by atoms with E-state index in [9.17, 15) is 17.6 Å². The smallest absolute Gasteiger partial charge is 0.244 e. The quantitative estimate of drug-likeness (QED) is 0.728. The summed E-state index contributed by atoms with van der Waals surface area (Å²) in [6.07, 6.45) is 2.30. The van der Waals surface area contributed by atoms with Crippen LogP contribution in [0.15, 0.2) is 59.5 Å². The van der Waals surface area contributed by atoms with Crippen LogP contribution in [0.2, 0.25) is 0 Å². The zero-order valence-corrected chi connectivity index (χ0v) is 15.9. The van der Waals surface area contributed by atoms with Gasteiger partial charge in [-0.05, 0) is 49.8 Å². The first-order valence-electron chi connectivity index (χ1n) is 8.98. The molecule has 3 rings (SSSR count). The molecule has 1 saturated carbocycles. The molecule has 0 aromatic heterocycles. The number of carbonyl (C=O) groups excluding carboxylic acids is 1. The highest BCUT2D eigenvalue weighted by Crippen LogP contribution is 2.32. The van der Waals surface area contributed by atoms with Crippen LogP contribution in [0.1, 0.15) is 25.3 Å². The highest BCUT2D eigenvalue weighted by molar-refractivity contribution is 7.89. The fourth-order valence-corrected chi connectivity index (χ4v) is 4.26. The van der Waals surface area contributed by atoms with Crippen LogP contribution < -0.4 is 10.0 Å². The summed E-state index contributed by atoms with van der Waals surface area (Å²) in [7, 11) is -4.18. The van der Waals surface area contributed by atoms with Gasteiger partial charge in [0.05, 0.1) is 0 Å². The summed E-state index contributed by atoms with van der Waals surface area (Å²) in [5, 5.41) is 2.89. The van der Waals surface area contributed by atoms with Crippen molar-refractivity contribution in [1.82, 2.24) is 10.0 Å². The SMILES string of the molecule is CC(NC(=O)C(Cc1ccccc1)NS(=O)(=O)c1ccccc1F)C1CC1. The van der Waals surface area contributed by atoms with Crippen LogP contribution in [0.4, 0.5) is 4.39 Å². The Morgan fingerprint density at radius 1 is 1.11 bits per heavy atom. The van der Waals surface area contributed by atoms with Gasteiger partial charge in [0.25, 0.3) is 0 Å². The molecule has 0 heterocycles. The van der Waals surface area contributed by atoms with E-state index < -0.39 is 32.7 Å². The van der Waals surface area contributed by atoms with Crippen molar-refractivity contribution in [2.45, 2.75) is 43.2 Å². The van der Waals surface area contributed by atoms with Gasteiger partial charge in [-0.2, -0.15) is 4.72 Å². The van der Waals surface area contributed by atoms with Gasteiger partial charge in [-0.3, -0.25) is 4.79 Å². The number of carbonyl (C=O) groups is 1. The molecular formula is C20H23FN2O3S. The van der Waals surface area contributed by atoms with Crippen molar-refractivity contribution in [2.75, 3.05) is 0 Å². The monoisotopic (exact) mass is 390 g/mol. The number of rotatable bonds is 8. The summed E-state index contributed by atoms with van der Waals surface area (Å²) in [6.45, 7) is 1.92. The third-order valence-electron chi connectivity index (χ3n) is 4.72. The van der Waals surface area contributed by atoms with Crippen molar-refractivity contribution in [1.29, 1.82) is 0 Å². The molecule has 0 radical (unpaired) electrons. The fraction of sp³-hybridized carbons (Fsp3) is 0.350. The number of nitrogens with one attached hydrogen (secondary N) is 2. The van der Waals surface area contributed by atoms with Gasteiger partial charge in [-0.15, -0.1) is 0 Å². The molecule has 2 aromatic rings. The van der Waals surface area contributed by atoms with E-state index in [1.54, 1.807) is 0 Å². The van der Waals surface area contributed by atoms with E-state index in [1.165, 1.54) is 18.2 Å². The molecule has 144 valence electrons. The number of amides is 1. The summed E-state index contributed by atoms with van der Waals surface area (Å²) < 4.78 is 41.7. The Morgan fingerprint density at radius 3 is 2.37 bits per heavy atom. The molecule has 2 unspecified atom stereocenters. The fourth-order valence-electron chi connectivity index (χ4n) is 2.99. The molecule has 1 aliphatic rings. The molecule has 2 aromatic carbocycles. The highest BCUT2D eigenvalue weighted by Gasteiger charge is 2.32. The van der Waals surface area contributed by atoms with E-state index >= 15 is 0 Å².